The lowest BCUT2D eigenvalue weighted by atomic mass is 9.87. The van der Waals surface area contributed by atoms with E-state index in [-0.39, 0.29) is 6.10 Å². The summed E-state index contributed by atoms with van der Waals surface area (Å²) in [6.45, 7) is 1.78. The Labute approximate surface area is 120 Å². The smallest absolute Gasteiger partial charge is 0.0705 e. The summed E-state index contributed by atoms with van der Waals surface area (Å²) in [5.74, 6) is 0.610. The fourth-order valence-corrected chi connectivity index (χ4v) is 3.06. The van der Waals surface area contributed by atoms with Gasteiger partial charge in [-0.15, -0.1) is 0 Å². The Bertz CT molecular complexity index is 570. The van der Waals surface area contributed by atoms with Crippen LogP contribution in [0.15, 0.2) is 36.4 Å². The van der Waals surface area contributed by atoms with E-state index in [1.165, 1.54) is 11.8 Å². The molecule has 0 radical (unpaired) electrons. The summed E-state index contributed by atoms with van der Waals surface area (Å²) in [4.78, 5) is 4.66. The van der Waals surface area contributed by atoms with Crippen molar-refractivity contribution in [2.75, 3.05) is 6.54 Å². The Morgan fingerprint density at radius 2 is 2.05 bits per heavy atom. The molecule has 2 aromatic rings. The average Bonchev–Trinajstić information content (AvgIpc) is 2.47. The molecule has 0 amide bonds. The number of nitrogens with zero attached hydrogens (tertiary/aromatic N) is 1. The maximum absolute atomic E-state index is 9.67. The van der Waals surface area contributed by atoms with E-state index in [4.69, 9.17) is 0 Å². The molecule has 1 aliphatic rings. The number of aliphatic hydroxyl groups is 1. The van der Waals surface area contributed by atoms with Gasteiger partial charge in [0, 0.05) is 11.9 Å². The molecule has 1 aromatic carbocycles. The molecule has 106 valence electrons. The molecule has 1 aliphatic carbocycles. The van der Waals surface area contributed by atoms with Gasteiger partial charge < -0.3 is 10.4 Å². The Morgan fingerprint density at radius 1 is 1.15 bits per heavy atom. The number of hydrogen-bond acceptors (Lipinski definition) is 3. The lowest BCUT2D eigenvalue weighted by Gasteiger charge is -2.25. The highest BCUT2D eigenvalue weighted by atomic mass is 16.3. The zero-order valence-corrected chi connectivity index (χ0v) is 11.8. The van der Waals surface area contributed by atoms with Crippen LogP contribution in [0.1, 0.15) is 31.4 Å². The van der Waals surface area contributed by atoms with Gasteiger partial charge in [-0.05, 0) is 43.9 Å². The monoisotopic (exact) mass is 270 g/mol. The van der Waals surface area contributed by atoms with E-state index in [2.05, 4.69) is 34.6 Å². The molecule has 3 heteroatoms. The first-order valence-electron chi connectivity index (χ1n) is 7.55. The Kier molecular flexibility index (Phi) is 4.28. The molecule has 3 nitrogen and oxygen atoms in total. The number of para-hydroxylation sites is 1. The van der Waals surface area contributed by atoms with Crippen molar-refractivity contribution < 1.29 is 5.11 Å². The van der Waals surface area contributed by atoms with Crippen molar-refractivity contribution in [2.24, 2.45) is 5.92 Å². The zero-order chi connectivity index (χ0) is 13.8. The van der Waals surface area contributed by atoms with Crippen LogP contribution >= 0.6 is 0 Å². The van der Waals surface area contributed by atoms with Crippen molar-refractivity contribution in [2.45, 2.75) is 38.3 Å². The van der Waals surface area contributed by atoms with Gasteiger partial charge in [-0.2, -0.15) is 0 Å². The number of benzene rings is 1. The van der Waals surface area contributed by atoms with Gasteiger partial charge >= 0.3 is 0 Å². The second kappa shape index (κ2) is 6.33. The first-order chi connectivity index (χ1) is 9.81. The molecule has 2 atom stereocenters. The zero-order valence-electron chi connectivity index (χ0n) is 11.8. The third-order valence-corrected chi connectivity index (χ3v) is 4.15. The number of hydrogen-bond donors (Lipinski definition) is 2. The summed E-state index contributed by atoms with van der Waals surface area (Å²) in [6, 6.07) is 12.4. The van der Waals surface area contributed by atoms with Crippen LogP contribution in [-0.4, -0.2) is 22.7 Å². The lowest BCUT2D eigenvalue weighted by Crippen LogP contribution is -2.29. The summed E-state index contributed by atoms with van der Waals surface area (Å²) in [5, 5.41) is 14.3. The van der Waals surface area contributed by atoms with Crippen molar-refractivity contribution in [3.63, 3.8) is 0 Å². The molecule has 1 aromatic heterocycles. The van der Waals surface area contributed by atoms with Crippen LogP contribution < -0.4 is 5.32 Å². The van der Waals surface area contributed by atoms with Gasteiger partial charge in [0.2, 0.25) is 0 Å². The molecule has 0 bridgehead atoms. The summed E-state index contributed by atoms with van der Waals surface area (Å²) in [5.41, 5.74) is 2.14. The van der Waals surface area contributed by atoms with Crippen LogP contribution in [0, 0.1) is 5.92 Å². The van der Waals surface area contributed by atoms with E-state index in [0.717, 1.165) is 43.6 Å². The molecule has 1 saturated carbocycles. The topological polar surface area (TPSA) is 45.1 Å². The molecule has 0 spiro atoms. The van der Waals surface area contributed by atoms with Crippen LogP contribution in [0.4, 0.5) is 0 Å². The summed E-state index contributed by atoms with van der Waals surface area (Å²) in [7, 11) is 0. The summed E-state index contributed by atoms with van der Waals surface area (Å²) in [6.07, 6.45) is 4.21. The van der Waals surface area contributed by atoms with Gasteiger partial charge in [-0.1, -0.05) is 30.7 Å². The van der Waals surface area contributed by atoms with Gasteiger partial charge in [0.05, 0.1) is 17.3 Å². The second-order valence-electron chi connectivity index (χ2n) is 5.81. The van der Waals surface area contributed by atoms with Crippen molar-refractivity contribution in [3.8, 4) is 0 Å². The fourth-order valence-electron chi connectivity index (χ4n) is 3.06. The molecule has 1 fully saturated rings. The van der Waals surface area contributed by atoms with Gasteiger partial charge in [-0.3, -0.25) is 4.98 Å². The molecule has 1 heterocycles. The molecule has 2 unspecified atom stereocenters. The normalized spacial score (nSPS) is 23.1. The highest BCUT2D eigenvalue weighted by molar-refractivity contribution is 5.78. The maximum atomic E-state index is 9.67. The lowest BCUT2D eigenvalue weighted by molar-refractivity contribution is 0.101. The van der Waals surface area contributed by atoms with Crippen LogP contribution in [0.5, 0.6) is 0 Å². The summed E-state index contributed by atoms with van der Waals surface area (Å²) >= 11 is 0. The van der Waals surface area contributed by atoms with Gasteiger partial charge in [0.1, 0.15) is 0 Å². The van der Waals surface area contributed by atoms with Gasteiger partial charge in [-0.25, -0.2) is 0 Å². The predicted octanol–water partition coefficient (Wildman–Crippen LogP) is 2.88. The van der Waals surface area contributed by atoms with E-state index in [1.807, 2.05) is 12.1 Å². The molecule has 20 heavy (non-hydrogen) atoms. The third kappa shape index (κ3) is 3.35. The number of aromatic nitrogens is 1. The Balaban J connectivity index is 1.54. The predicted molar refractivity (Wildman–Crippen MR) is 81.4 cm³/mol. The van der Waals surface area contributed by atoms with E-state index >= 15 is 0 Å². The number of pyridine rings is 1. The van der Waals surface area contributed by atoms with E-state index in [0.29, 0.717) is 5.92 Å². The van der Waals surface area contributed by atoms with Crippen molar-refractivity contribution in [3.05, 3.63) is 42.1 Å². The molecule has 0 saturated heterocycles. The molecular weight excluding hydrogens is 248 g/mol. The van der Waals surface area contributed by atoms with Crippen molar-refractivity contribution in [1.29, 1.82) is 0 Å². The first-order valence-corrected chi connectivity index (χ1v) is 7.55. The quantitative estimate of drug-likeness (QED) is 0.898. The van der Waals surface area contributed by atoms with Gasteiger partial charge in [0.25, 0.3) is 0 Å². The van der Waals surface area contributed by atoms with Crippen molar-refractivity contribution >= 4 is 10.9 Å². The fraction of sp³-hybridized carbons (Fsp3) is 0.471. The SMILES string of the molecule is OC1CCCC(CNCc2ccc3ccccc3n2)C1. The van der Waals surface area contributed by atoms with Crippen LogP contribution in [0.3, 0.4) is 0 Å². The largest absolute Gasteiger partial charge is 0.393 e. The van der Waals surface area contributed by atoms with E-state index in [1.54, 1.807) is 0 Å². The maximum Gasteiger partial charge on any atom is 0.0705 e. The Morgan fingerprint density at radius 3 is 2.95 bits per heavy atom. The van der Waals surface area contributed by atoms with E-state index in [9.17, 15) is 5.11 Å². The standard InChI is InChI=1S/C17H22N2O/c20-16-6-3-4-13(10-16)11-18-12-15-9-8-14-5-1-2-7-17(14)19-15/h1-2,5,7-9,13,16,18,20H,3-4,6,10-12H2. The third-order valence-electron chi connectivity index (χ3n) is 4.15. The second-order valence-corrected chi connectivity index (χ2v) is 5.81. The van der Waals surface area contributed by atoms with Crippen LogP contribution in [-0.2, 0) is 6.54 Å². The molecule has 0 aliphatic heterocycles. The minimum absolute atomic E-state index is 0.0886. The molecule has 3 rings (SSSR count). The Hall–Kier alpha value is -1.45. The first kappa shape index (κ1) is 13.5. The number of nitrogens with one attached hydrogen (secondary N) is 1. The van der Waals surface area contributed by atoms with Crippen molar-refractivity contribution in [1.82, 2.24) is 10.3 Å². The summed E-state index contributed by atoms with van der Waals surface area (Å²) < 4.78 is 0. The average molecular weight is 270 g/mol. The number of rotatable bonds is 4. The highest BCUT2D eigenvalue weighted by Gasteiger charge is 2.19. The highest BCUT2D eigenvalue weighted by Crippen LogP contribution is 2.23. The number of aliphatic hydroxyl groups excluding tert-OH is 1. The molecular formula is C17H22N2O. The number of fused-ring (bicyclic) bond motifs is 1. The minimum Gasteiger partial charge on any atom is -0.393 e. The van der Waals surface area contributed by atoms with E-state index < -0.39 is 0 Å². The van der Waals surface area contributed by atoms with Crippen LogP contribution in [0.2, 0.25) is 0 Å². The molecule has 2 N–H and O–H groups in total. The minimum atomic E-state index is -0.0886. The van der Waals surface area contributed by atoms with Gasteiger partial charge in [0.15, 0.2) is 0 Å². The van der Waals surface area contributed by atoms with Crippen LogP contribution in [0.25, 0.3) is 10.9 Å².